The minimum Gasteiger partial charge on any atom is -0.492 e. The maximum Gasteiger partial charge on any atom is 0.187 e. The van der Waals surface area contributed by atoms with E-state index in [1.54, 1.807) is 11.3 Å². The number of para-hydroxylation sites is 2. The molecular weight excluding hydrogens is 246 g/mol. The summed E-state index contributed by atoms with van der Waals surface area (Å²) in [6, 6.07) is 7.85. The van der Waals surface area contributed by atoms with Crippen LogP contribution in [0.3, 0.4) is 0 Å². The van der Waals surface area contributed by atoms with Gasteiger partial charge in [0.25, 0.3) is 0 Å². The molecule has 5 heteroatoms. The van der Waals surface area contributed by atoms with Crippen LogP contribution >= 0.6 is 11.3 Å². The molecular formula is C13H17N3OS. The van der Waals surface area contributed by atoms with E-state index in [9.17, 15) is 0 Å². The zero-order valence-electron chi connectivity index (χ0n) is 10.3. The number of nitrogens with one attached hydrogen (secondary N) is 1. The molecule has 0 aliphatic rings. The number of hydrogen-bond donors (Lipinski definition) is 2. The lowest BCUT2D eigenvalue weighted by atomic mass is 10.3. The van der Waals surface area contributed by atoms with Gasteiger partial charge in [0.2, 0.25) is 0 Å². The van der Waals surface area contributed by atoms with Crippen LogP contribution in [0, 0.1) is 0 Å². The fraction of sp³-hybridized carbons (Fsp3) is 0.308. The number of rotatable bonds is 6. The van der Waals surface area contributed by atoms with Gasteiger partial charge in [-0.3, -0.25) is 0 Å². The van der Waals surface area contributed by atoms with Gasteiger partial charge >= 0.3 is 0 Å². The van der Waals surface area contributed by atoms with Crippen molar-refractivity contribution in [1.29, 1.82) is 0 Å². The predicted molar refractivity (Wildman–Crippen MR) is 75.8 cm³/mol. The van der Waals surface area contributed by atoms with Crippen molar-refractivity contribution in [2.24, 2.45) is 5.73 Å². The molecule has 1 heterocycles. The van der Waals surface area contributed by atoms with Crippen LogP contribution in [0.25, 0.3) is 0 Å². The molecule has 0 radical (unpaired) electrons. The van der Waals surface area contributed by atoms with Crippen molar-refractivity contribution in [1.82, 2.24) is 4.98 Å². The van der Waals surface area contributed by atoms with Crippen molar-refractivity contribution in [2.75, 3.05) is 18.5 Å². The van der Waals surface area contributed by atoms with Crippen LogP contribution < -0.4 is 15.8 Å². The van der Waals surface area contributed by atoms with Crippen molar-refractivity contribution < 1.29 is 4.74 Å². The molecule has 0 saturated heterocycles. The second kappa shape index (κ2) is 6.37. The SMILES string of the molecule is CCOc1ccccc1Nc1nc(CCN)cs1. The van der Waals surface area contributed by atoms with E-state index in [1.807, 2.05) is 36.6 Å². The van der Waals surface area contributed by atoms with Crippen molar-refractivity contribution in [3.63, 3.8) is 0 Å². The average molecular weight is 263 g/mol. The second-order valence-corrected chi connectivity index (χ2v) is 4.59. The summed E-state index contributed by atoms with van der Waals surface area (Å²) in [5, 5.41) is 6.17. The zero-order valence-corrected chi connectivity index (χ0v) is 11.2. The predicted octanol–water partition coefficient (Wildman–Crippen LogP) is 2.79. The summed E-state index contributed by atoms with van der Waals surface area (Å²) in [7, 11) is 0. The number of nitrogens with zero attached hydrogens (tertiary/aromatic N) is 1. The largest absolute Gasteiger partial charge is 0.492 e. The van der Waals surface area contributed by atoms with Gasteiger partial charge in [-0.2, -0.15) is 0 Å². The van der Waals surface area contributed by atoms with Gasteiger partial charge in [-0.15, -0.1) is 11.3 Å². The monoisotopic (exact) mass is 263 g/mol. The summed E-state index contributed by atoms with van der Waals surface area (Å²) in [6.07, 6.45) is 0.811. The topological polar surface area (TPSA) is 60.2 Å². The molecule has 0 atom stereocenters. The summed E-state index contributed by atoms with van der Waals surface area (Å²) >= 11 is 1.58. The first-order chi connectivity index (χ1) is 8.83. The van der Waals surface area contributed by atoms with E-state index >= 15 is 0 Å². The highest BCUT2D eigenvalue weighted by Crippen LogP contribution is 2.28. The molecule has 2 rings (SSSR count). The van der Waals surface area contributed by atoms with E-state index in [0.717, 1.165) is 28.7 Å². The first-order valence-electron chi connectivity index (χ1n) is 5.96. The van der Waals surface area contributed by atoms with E-state index < -0.39 is 0 Å². The Labute approximate surface area is 111 Å². The highest BCUT2D eigenvalue weighted by Gasteiger charge is 2.05. The Hall–Kier alpha value is -1.59. The van der Waals surface area contributed by atoms with Crippen molar-refractivity contribution in [3.05, 3.63) is 35.3 Å². The van der Waals surface area contributed by atoms with Crippen LogP contribution in [0.5, 0.6) is 5.75 Å². The number of aromatic nitrogens is 1. The van der Waals surface area contributed by atoms with Crippen LogP contribution in [-0.2, 0) is 6.42 Å². The number of ether oxygens (including phenoxy) is 1. The molecule has 0 aliphatic carbocycles. The smallest absolute Gasteiger partial charge is 0.187 e. The molecule has 0 unspecified atom stereocenters. The summed E-state index contributed by atoms with van der Waals surface area (Å²) < 4.78 is 5.56. The molecule has 4 nitrogen and oxygen atoms in total. The molecule has 96 valence electrons. The van der Waals surface area contributed by atoms with Crippen LogP contribution in [0.4, 0.5) is 10.8 Å². The standard InChI is InChI=1S/C13H17N3OS/c1-2-17-12-6-4-3-5-11(12)16-13-15-10(7-8-14)9-18-13/h3-6,9H,2,7-8,14H2,1H3,(H,15,16). The summed E-state index contributed by atoms with van der Waals surface area (Å²) in [6.45, 7) is 3.24. The van der Waals surface area contributed by atoms with Gasteiger partial charge in [0.05, 0.1) is 18.0 Å². The lowest BCUT2D eigenvalue weighted by molar-refractivity contribution is 0.342. The normalized spacial score (nSPS) is 10.3. The Morgan fingerprint density at radius 3 is 3.00 bits per heavy atom. The fourth-order valence-corrected chi connectivity index (χ4v) is 2.35. The van der Waals surface area contributed by atoms with E-state index in [-0.39, 0.29) is 0 Å². The second-order valence-electron chi connectivity index (χ2n) is 3.74. The summed E-state index contributed by atoms with van der Waals surface area (Å²) in [4.78, 5) is 4.47. The maximum atomic E-state index is 5.56. The number of anilines is 2. The van der Waals surface area contributed by atoms with E-state index in [0.29, 0.717) is 13.2 Å². The van der Waals surface area contributed by atoms with Gasteiger partial charge in [0.15, 0.2) is 5.13 Å². The molecule has 1 aromatic heterocycles. The Morgan fingerprint density at radius 1 is 1.39 bits per heavy atom. The Morgan fingerprint density at radius 2 is 2.22 bits per heavy atom. The average Bonchev–Trinajstić information content (AvgIpc) is 2.80. The first-order valence-corrected chi connectivity index (χ1v) is 6.84. The summed E-state index contributed by atoms with van der Waals surface area (Å²) in [5.41, 5.74) is 7.47. The van der Waals surface area contributed by atoms with E-state index in [2.05, 4.69) is 10.3 Å². The molecule has 1 aromatic carbocycles. The van der Waals surface area contributed by atoms with Gasteiger partial charge in [0, 0.05) is 11.8 Å². The van der Waals surface area contributed by atoms with Crippen LogP contribution in [0.1, 0.15) is 12.6 Å². The molecule has 2 aromatic rings. The number of hydrogen-bond acceptors (Lipinski definition) is 5. The molecule has 0 amide bonds. The summed E-state index contributed by atoms with van der Waals surface area (Å²) in [5.74, 6) is 0.843. The molecule has 18 heavy (non-hydrogen) atoms. The highest BCUT2D eigenvalue weighted by molar-refractivity contribution is 7.13. The molecule has 0 bridgehead atoms. The Bertz CT molecular complexity index is 498. The molecule has 0 aliphatic heterocycles. The number of thiazole rings is 1. The molecule has 3 N–H and O–H groups in total. The maximum absolute atomic E-state index is 5.56. The quantitative estimate of drug-likeness (QED) is 0.841. The fourth-order valence-electron chi connectivity index (χ4n) is 1.59. The minimum absolute atomic E-state index is 0.624. The third-order valence-corrected chi connectivity index (χ3v) is 3.19. The van der Waals surface area contributed by atoms with Crippen molar-refractivity contribution in [2.45, 2.75) is 13.3 Å². The minimum atomic E-state index is 0.624. The lowest BCUT2D eigenvalue weighted by Gasteiger charge is -2.09. The highest BCUT2D eigenvalue weighted by atomic mass is 32.1. The van der Waals surface area contributed by atoms with Gasteiger partial charge in [0.1, 0.15) is 5.75 Å². The molecule has 0 spiro atoms. The Balaban J connectivity index is 2.12. The van der Waals surface area contributed by atoms with Gasteiger partial charge < -0.3 is 15.8 Å². The third-order valence-electron chi connectivity index (χ3n) is 2.38. The Kier molecular flexibility index (Phi) is 4.55. The lowest BCUT2D eigenvalue weighted by Crippen LogP contribution is -2.03. The molecule has 0 fully saturated rings. The molecule has 0 saturated carbocycles. The zero-order chi connectivity index (χ0) is 12.8. The third kappa shape index (κ3) is 3.21. The van der Waals surface area contributed by atoms with Gasteiger partial charge in [-0.05, 0) is 25.6 Å². The van der Waals surface area contributed by atoms with E-state index in [4.69, 9.17) is 10.5 Å². The number of benzene rings is 1. The van der Waals surface area contributed by atoms with E-state index in [1.165, 1.54) is 0 Å². The van der Waals surface area contributed by atoms with Crippen molar-refractivity contribution >= 4 is 22.2 Å². The van der Waals surface area contributed by atoms with Crippen LogP contribution in [0.15, 0.2) is 29.6 Å². The van der Waals surface area contributed by atoms with Crippen LogP contribution in [0.2, 0.25) is 0 Å². The first kappa shape index (κ1) is 12.9. The van der Waals surface area contributed by atoms with Crippen LogP contribution in [-0.4, -0.2) is 18.1 Å². The number of nitrogens with two attached hydrogens (primary N) is 1. The van der Waals surface area contributed by atoms with Gasteiger partial charge in [-0.1, -0.05) is 12.1 Å². The van der Waals surface area contributed by atoms with Crippen molar-refractivity contribution in [3.8, 4) is 5.75 Å². The van der Waals surface area contributed by atoms with Gasteiger partial charge in [-0.25, -0.2) is 4.98 Å².